The standard InChI is InChI=1S/C13H18N2O5S/c1-13(2,3)20-12(17)14-9-11(16)15-21(18,19)10-7-5-4-6-8-10/h4-8H,9H2,1-3H3,(H,14,17)(H,15,16). The molecule has 0 radical (unpaired) electrons. The summed E-state index contributed by atoms with van der Waals surface area (Å²) in [5, 5.41) is 2.18. The van der Waals surface area contributed by atoms with Crippen LogP contribution in [0.25, 0.3) is 0 Å². The fourth-order valence-electron chi connectivity index (χ4n) is 1.31. The molecule has 0 spiro atoms. The molecule has 0 heterocycles. The molecule has 0 saturated carbocycles. The molecule has 0 atom stereocenters. The maximum atomic E-state index is 11.8. The fraction of sp³-hybridized carbons (Fsp3) is 0.385. The van der Waals surface area contributed by atoms with Crippen molar-refractivity contribution in [3.05, 3.63) is 30.3 Å². The molecular formula is C13H18N2O5S. The third-order valence-corrected chi connectivity index (χ3v) is 3.48. The van der Waals surface area contributed by atoms with Crippen LogP contribution in [0.1, 0.15) is 20.8 Å². The van der Waals surface area contributed by atoms with Gasteiger partial charge in [-0.1, -0.05) is 18.2 Å². The van der Waals surface area contributed by atoms with Crippen LogP contribution in [0.15, 0.2) is 35.2 Å². The van der Waals surface area contributed by atoms with Crippen LogP contribution in [0.5, 0.6) is 0 Å². The van der Waals surface area contributed by atoms with Crippen molar-refractivity contribution in [3.8, 4) is 0 Å². The second-order valence-corrected chi connectivity index (χ2v) is 6.88. The van der Waals surface area contributed by atoms with E-state index in [4.69, 9.17) is 4.74 Å². The number of carbonyl (C=O) groups is 2. The smallest absolute Gasteiger partial charge is 0.408 e. The summed E-state index contributed by atoms with van der Waals surface area (Å²) in [5.74, 6) is -0.857. The van der Waals surface area contributed by atoms with Crippen molar-refractivity contribution in [2.45, 2.75) is 31.3 Å². The summed E-state index contributed by atoms with van der Waals surface area (Å²) in [6.45, 7) is 4.52. The molecular weight excluding hydrogens is 296 g/mol. The van der Waals surface area contributed by atoms with Gasteiger partial charge in [0.1, 0.15) is 12.1 Å². The summed E-state index contributed by atoms with van der Waals surface area (Å²) in [7, 11) is -3.93. The molecule has 1 rings (SSSR count). The average molecular weight is 314 g/mol. The van der Waals surface area contributed by atoms with Crippen LogP contribution in [0.3, 0.4) is 0 Å². The number of hydrogen-bond donors (Lipinski definition) is 2. The van der Waals surface area contributed by atoms with E-state index in [1.807, 2.05) is 4.72 Å². The van der Waals surface area contributed by atoms with Crippen LogP contribution in [-0.4, -0.2) is 32.6 Å². The first-order chi connectivity index (χ1) is 9.60. The SMILES string of the molecule is CC(C)(C)OC(=O)NCC(=O)NS(=O)(=O)c1ccccc1. The van der Waals surface area contributed by atoms with Crippen molar-refractivity contribution < 1.29 is 22.7 Å². The van der Waals surface area contributed by atoms with Crippen LogP contribution in [0.4, 0.5) is 4.79 Å². The monoisotopic (exact) mass is 314 g/mol. The summed E-state index contributed by atoms with van der Waals surface area (Å²) < 4.78 is 30.5. The van der Waals surface area contributed by atoms with Gasteiger partial charge in [-0.25, -0.2) is 17.9 Å². The molecule has 116 valence electrons. The van der Waals surface area contributed by atoms with Gasteiger partial charge in [0.15, 0.2) is 0 Å². The fourth-order valence-corrected chi connectivity index (χ4v) is 2.32. The maximum Gasteiger partial charge on any atom is 0.408 e. The van der Waals surface area contributed by atoms with Gasteiger partial charge < -0.3 is 10.1 Å². The zero-order valence-electron chi connectivity index (χ0n) is 12.0. The Balaban J connectivity index is 2.53. The van der Waals surface area contributed by atoms with E-state index < -0.39 is 34.2 Å². The topological polar surface area (TPSA) is 102 Å². The quantitative estimate of drug-likeness (QED) is 0.864. The molecule has 1 aromatic rings. The molecule has 21 heavy (non-hydrogen) atoms. The zero-order chi connectivity index (χ0) is 16.1. The van der Waals surface area contributed by atoms with Gasteiger partial charge in [-0.05, 0) is 32.9 Å². The van der Waals surface area contributed by atoms with Gasteiger partial charge in [-0.2, -0.15) is 0 Å². The van der Waals surface area contributed by atoms with E-state index in [2.05, 4.69) is 5.32 Å². The van der Waals surface area contributed by atoms with Crippen molar-refractivity contribution in [1.82, 2.24) is 10.0 Å². The highest BCUT2D eigenvalue weighted by Gasteiger charge is 2.19. The van der Waals surface area contributed by atoms with Gasteiger partial charge in [0.05, 0.1) is 4.90 Å². The molecule has 0 unspecified atom stereocenters. The Morgan fingerprint density at radius 2 is 1.71 bits per heavy atom. The van der Waals surface area contributed by atoms with E-state index in [0.29, 0.717) is 0 Å². The molecule has 0 aliphatic heterocycles. The van der Waals surface area contributed by atoms with Crippen LogP contribution in [0.2, 0.25) is 0 Å². The minimum absolute atomic E-state index is 0.0318. The molecule has 2 N–H and O–H groups in total. The van der Waals surface area contributed by atoms with E-state index in [1.54, 1.807) is 26.8 Å². The number of hydrogen-bond acceptors (Lipinski definition) is 5. The number of nitrogens with one attached hydrogen (secondary N) is 2. The molecule has 8 heteroatoms. The molecule has 0 aliphatic carbocycles. The molecule has 7 nitrogen and oxygen atoms in total. The highest BCUT2D eigenvalue weighted by atomic mass is 32.2. The van der Waals surface area contributed by atoms with Crippen molar-refractivity contribution in [2.24, 2.45) is 0 Å². The predicted molar refractivity (Wildman–Crippen MR) is 76.0 cm³/mol. The van der Waals surface area contributed by atoms with Crippen LogP contribution >= 0.6 is 0 Å². The number of benzene rings is 1. The molecule has 0 aliphatic rings. The summed E-state index contributed by atoms with van der Waals surface area (Å²) in [4.78, 5) is 22.8. The lowest BCUT2D eigenvalue weighted by atomic mass is 10.2. The first-order valence-electron chi connectivity index (χ1n) is 6.18. The van der Waals surface area contributed by atoms with E-state index in [1.165, 1.54) is 24.3 Å². The average Bonchev–Trinajstić information content (AvgIpc) is 2.35. The molecule has 0 fully saturated rings. The van der Waals surface area contributed by atoms with Gasteiger partial charge in [0.25, 0.3) is 15.9 Å². The highest BCUT2D eigenvalue weighted by molar-refractivity contribution is 7.90. The Hall–Kier alpha value is -2.09. The van der Waals surface area contributed by atoms with Gasteiger partial charge >= 0.3 is 6.09 Å². The van der Waals surface area contributed by atoms with Gasteiger partial charge in [0.2, 0.25) is 0 Å². The lowest BCUT2D eigenvalue weighted by Gasteiger charge is -2.19. The summed E-state index contributed by atoms with van der Waals surface area (Å²) in [6, 6.07) is 7.45. The highest BCUT2D eigenvalue weighted by Crippen LogP contribution is 2.07. The molecule has 0 bridgehead atoms. The maximum absolute atomic E-state index is 11.8. The number of amides is 2. The van der Waals surface area contributed by atoms with E-state index in [9.17, 15) is 18.0 Å². The van der Waals surface area contributed by atoms with Gasteiger partial charge in [-0.3, -0.25) is 4.79 Å². The first-order valence-corrected chi connectivity index (χ1v) is 7.66. The van der Waals surface area contributed by atoms with E-state index >= 15 is 0 Å². The third kappa shape index (κ3) is 6.26. The number of carbonyl (C=O) groups excluding carboxylic acids is 2. The molecule has 1 aromatic carbocycles. The third-order valence-electron chi connectivity index (χ3n) is 2.09. The number of ether oxygens (including phenoxy) is 1. The summed E-state index contributed by atoms with van der Waals surface area (Å²) in [5.41, 5.74) is -0.698. The Morgan fingerprint density at radius 1 is 1.14 bits per heavy atom. The first kappa shape index (κ1) is 17.0. The van der Waals surface area contributed by atoms with Gasteiger partial charge in [0, 0.05) is 0 Å². The van der Waals surface area contributed by atoms with Crippen LogP contribution in [0, 0.1) is 0 Å². The normalized spacial score (nSPS) is 11.6. The Kier molecular flexibility index (Phi) is 5.31. The second-order valence-electron chi connectivity index (χ2n) is 5.20. The second kappa shape index (κ2) is 6.57. The Morgan fingerprint density at radius 3 is 2.24 bits per heavy atom. The van der Waals surface area contributed by atoms with Crippen LogP contribution in [-0.2, 0) is 19.6 Å². The number of rotatable bonds is 4. The molecule has 0 aromatic heterocycles. The Labute approximate surface area is 123 Å². The largest absolute Gasteiger partial charge is 0.444 e. The minimum atomic E-state index is -3.93. The van der Waals surface area contributed by atoms with Crippen molar-refractivity contribution in [1.29, 1.82) is 0 Å². The summed E-state index contributed by atoms with van der Waals surface area (Å²) in [6.07, 6.45) is -0.797. The molecule has 2 amide bonds. The molecule has 0 saturated heterocycles. The van der Waals surface area contributed by atoms with Crippen molar-refractivity contribution in [2.75, 3.05) is 6.54 Å². The van der Waals surface area contributed by atoms with Crippen molar-refractivity contribution >= 4 is 22.0 Å². The predicted octanol–water partition coefficient (Wildman–Crippen LogP) is 1.02. The number of alkyl carbamates (subject to hydrolysis) is 1. The Bertz CT molecular complexity index is 605. The zero-order valence-corrected chi connectivity index (χ0v) is 12.9. The van der Waals surface area contributed by atoms with Crippen molar-refractivity contribution in [3.63, 3.8) is 0 Å². The van der Waals surface area contributed by atoms with E-state index in [0.717, 1.165) is 0 Å². The lowest BCUT2D eigenvalue weighted by Crippen LogP contribution is -2.41. The minimum Gasteiger partial charge on any atom is -0.444 e. The number of sulfonamides is 1. The summed E-state index contributed by atoms with van der Waals surface area (Å²) >= 11 is 0. The van der Waals surface area contributed by atoms with Gasteiger partial charge in [-0.15, -0.1) is 0 Å². The van der Waals surface area contributed by atoms with Crippen LogP contribution < -0.4 is 10.0 Å². The lowest BCUT2D eigenvalue weighted by molar-refractivity contribution is -0.118. The van der Waals surface area contributed by atoms with E-state index in [-0.39, 0.29) is 4.90 Å².